The Morgan fingerprint density at radius 3 is 2.33 bits per heavy atom. The molecular weight excluding hydrogens is 267 g/mol. The van der Waals surface area contributed by atoms with Crippen LogP contribution in [-0.4, -0.2) is 5.11 Å². The van der Waals surface area contributed by atoms with Gasteiger partial charge in [0.15, 0.2) is 0 Å². The van der Waals surface area contributed by atoms with Crippen LogP contribution < -0.4 is 0 Å². The lowest BCUT2D eigenvalue weighted by Gasteiger charge is -2.14. The fourth-order valence-electron chi connectivity index (χ4n) is 1.85. The molecule has 0 aliphatic carbocycles. The smallest absolute Gasteiger partial charge is 0.106 e. The summed E-state index contributed by atoms with van der Waals surface area (Å²) in [6, 6.07) is 13.1. The molecule has 2 aromatic rings. The molecule has 0 fully saturated rings. The van der Waals surface area contributed by atoms with E-state index in [-0.39, 0.29) is 0 Å². The van der Waals surface area contributed by atoms with Gasteiger partial charge in [-0.2, -0.15) is 0 Å². The van der Waals surface area contributed by atoms with E-state index in [0.29, 0.717) is 15.6 Å². The van der Waals surface area contributed by atoms with Crippen molar-refractivity contribution in [1.82, 2.24) is 0 Å². The van der Waals surface area contributed by atoms with Crippen molar-refractivity contribution in [2.75, 3.05) is 0 Å². The van der Waals surface area contributed by atoms with Gasteiger partial charge in [0.2, 0.25) is 0 Å². The lowest BCUT2D eigenvalue weighted by atomic mass is 10.00. The monoisotopic (exact) mass is 280 g/mol. The summed E-state index contributed by atoms with van der Waals surface area (Å²) in [7, 11) is 0. The third-order valence-electron chi connectivity index (χ3n) is 2.98. The van der Waals surface area contributed by atoms with Crippen LogP contribution in [0.25, 0.3) is 0 Å². The van der Waals surface area contributed by atoms with Crippen LogP contribution >= 0.6 is 23.2 Å². The molecule has 18 heavy (non-hydrogen) atoms. The molecule has 0 spiro atoms. The molecule has 1 unspecified atom stereocenters. The summed E-state index contributed by atoms with van der Waals surface area (Å²) in [5.41, 5.74) is 2.69. The number of benzene rings is 2. The van der Waals surface area contributed by atoms with E-state index in [1.54, 1.807) is 18.2 Å². The van der Waals surface area contributed by atoms with E-state index in [0.717, 1.165) is 12.0 Å². The first-order valence-corrected chi connectivity index (χ1v) is 6.60. The zero-order valence-electron chi connectivity index (χ0n) is 10.0. The molecule has 0 radical (unpaired) electrons. The van der Waals surface area contributed by atoms with Crippen LogP contribution in [0.2, 0.25) is 10.0 Å². The lowest BCUT2D eigenvalue weighted by molar-refractivity contribution is 0.220. The molecule has 0 saturated heterocycles. The fraction of sp³-hybridized carbons (Fsp3) is 0.200. The van der Waals surface area contributed by atoms with Gasteiger partial charge in [0.25, 0.3) is 0 Å². The zero-order valence-corrected chi connectivity index (χ0v) is 11.5. The second kappa shape index (κ2) is 5.75. The standard InChI is InChI=1S/C15H14Cl2O/c1-2-10-6-8-11(9-7-10)15(18)12-4-3-5-13(16)14(12)17/h3-9,15,18H,2H2,1H3. The topological polar surface area (TPSA) is 20.2 Å². The number of hydrogen-bond acceptors (Lipinski definition) is 1. The van der Waals surface area contributed by atoms with Gasteiger partial charge < -0.3 is 5.11 Å². The minimum atomic E-state index is -0.748. The average molecular weight is 281 g/mol. The highest BCUT2D eigenvalue weighted by Gasteiger charge is 2.15. The Bertz CT molecular complexity index is 535. The molecule has 0 aliphatic rings. The molecular formula is C15H14Cl2O. The summed E-state index contributed by atoms with van der Waals surface area (Å²) in [6.45, 7) is 2.10. The highest BCUT2D eigenvalue weighted by atomic mass is 35.5. The molecule has 0 amide bonds. The summed E-state index contributed by atoms with van der Waals surface area (Å²) in [6.07, 6.45) is 0.232. The van der Waals surface area contributed by atoms with E-state index >= 15 is 0 Å². The van der Waals surface area contributed by atoms with Crippen molar-refractivity contribution >= 4 is 23.2 Å². The van der Waals surface area contributed by atoms with Crippen molar-refractivity contribution in [3.63, 3.8) is 0 Å². The van der Waals surface area contributed by atoms with Crippen molar-refractivity contribution in [3.8, 4) is 0 Å². The number of aliphatic hydroxyl groups is 1. The van der Waals surface area contributed by atoms with Crippen LogP contribution in [0.15, 0.2) is 42.5 Å². The molecule has 0 aliphatic heterocycles. The second-order valence-electron chi connectivity index (χ2n) is 4.14. The van der Waals surface area contributed by atoms with Gasteiger partial charge in [-0.05, 0) is 23.6 Å². The Hall–Kier alpha value is -1.02. The average Bonchev–Trinajstić information content (AvgIpc) is 2.41. The SMILES string of the molecule is CCc1ccc(C(O)c2cccc(Cl)c2Cl)cc1. The maximum atomic E-state index is 10.3. The first-order chi connectivity index (χ1) is 8.63. The molecule has 2 rings (SSSR count). The van der Waals surface area contributed by atoms with E-state index in [1.165, 1.54) is 5.56 Å². The zero-order chi connectivity index (χ0) is 13.1. The van der Waals surface area contributed by atoms with Gasteiger partial charge in [0, 0.05) is 5.56 Å². The predicted octanol–water partition coefficient (Wildman–Crippen LogP) is 4.64. The normalized spacial score (nSPS) is 12.4. The van der Waals surface area contributed by atoms with Gasteiger partial charge in [0.1, 0.15) is 6.10 Å². The largest absolute Gasteiger partial charge is 0.384 e. The van der Waals surface area contributed by atoms with Gasteiger partial charge in [0.05, 0.1) is 10.0 Å². The van der Waals surface area contributed by atoms with Crippen molar-refractivity contribution < 1.29 is 5.11 Å². The Morgan fingerprint density at radius 2 is 1.72 bits per heavy atom. The van der Waals surface area contributed by atoms with Gasteiger partial charge in [-0.1, -0.05) is 66.5 Å². The van der Waals surface area contributed by atoms with Crippen molar-refractivity contribution in [2.24, 2.45) is 0 Å². The maximum absolute atomic E-state index is 10.3. The number of rotatable bonds is 3. The summed E-state index contributed by atoms with van der Waals surface area (Å²) >= 11 is 12.1. The van der Waals surface area contributed by atoms with Crippen molar-refractivity contribution in [2.45, 2.75) is 19.4 Å². The minimum Gasteiger partial charge on any atom is -0.384 e. The van der Waals surface area contributed by atoms with Crippen molar-refractivity contribution in [3.05, 3.63) is 69.2 Å². The Labute approximate surface area is 117 Å². The van der Waals surface area contributed by atoms with Crippen LogP contribution in [0.3, 0.4) is 0 Å². The molecule has 0 bridgehead atoms. The van der Waals surface area contributed by atoms with E-state index in [4.69, 9.17) is 23.2 Å². The third kappa shape index (κ3) is 2.69. The highest BCUT2D eigenvalue weighted by Crippen LogP contribution is 2.33. The number of hydrogen-bond donors (Lipinski definition) is 1. The summed E-state index contributed by atoms with van der Waals surface area (Å²) < 4.78 is 0. The van der Waals surface area contributed by atoms with Crippen LogP contribution in [0.1, 0.15) is 29.7 Å². The Morgan fingerprint density at radius 1 is 1.06 bits per heavy atom. The highest BCUT2D eigenvalue weighted by molar-refractivity contribution is 6.42. The molecule has 1 atom stereocenters. The van der Waals surface area contributed by atoms with Gasteiger partial charge in [-0.15, -0.1) is 0 Å². The summed E-state index contributed by atoms with van der Waals surface area (Å²) in [5, 5.41) is 11.2. The number of halogens is 2. The fourth-order valence-corrected chi connectivity index (χ4v) is 2.26. The Kier molecular flexibility index (Phi) is 4.28. The Balaban J connectivity index is 2.35. The van der Waals surface area contributed by atoms with Crippen LogP contribution in [0.5, 0.6) is 0 Å². The summed E-state index contributed by atoms with van der Waals surface area (Å²) in [4.78, 5) is 0. The third-order valence-corrected chi connectivity index (χ3v) is 3.81. The molecule has 0 heterocycles. The number of aliphatic hydroxyl groups excluding tert-OH is 1. The van der Waals surface area contributed by atoms with Crippen LogP contribution in [-0.2, 0) is 6.42 Å². The van der Waals surface area contributed by atoms with E-state index in [2.05, 4.69) is 6.92 Å². The molecule has 2 aromatic carbocycles. The molecule has 1 nitrogen and oxygen atoms in total. The van der Waals surface area contributed by atoms with Gasteiger partial charge in [-0.3, -0.25) is 0 Å². The van der Waals surface area contributed by atoms with E-state index in [1.807, 2.05) is 24.3 Å². The van der Waals surface area contributed by atoms with Gasteiger partial charge in [-0.25, -0.2) is 0 Å². The van der Waals surface area contributed by atoms with E-state index < -0.39 is 6.10 Å². The molecule has 94 valence electrons. The van der Waals surface area contributed by atoms with Crippen LogP contribution in [0, 0.1) is 0 Å². The van der Waals surface area contributed by atoms with Gasteiger partial charge >= 0.3 is 0 Å². The first kappa shape index (κ1) is 13.4. The molecule has 0 aromatic heterocycles. The number of aryl methyl sites for hydroxylation is 1. The van der Waals surface area contributed by atoms with Crippen molar-refractivity contribution in [1.29, 1.82) is 0 Å². The molecule has 0 saturated carbocycles. The quantitative estimate of drug-likeness (QED) is 0.869. The first-order valence-electron chi connectivity index (χ1n) is 5.84. The molecule has 1 N–H and O–H groups in total. The van der Waals surface area contributed by atoms with Crippen LogP contribution in [0.4, 0.5) is 0 Å². The predicted molar refractivity (Wildman–Crippen MR) is 76.3 cm³/mol. The minimum absolute atomic E-state index is 0.409. The summed E-state index contributed by atoms with van der Waals surface area (Å²) in [5.74, 6) is 0. The lowest BCUT2D eigenvalue weighted by Crippen LogP contribution is -2.00. The second-order valence-corrected chi connectivity index (χ2v) is 4.93. The molecule has 3 heteroatoms. The maximum Gasteiger partial charge on any atom is 0.106 e. The van der Waals surface area contributed by atoms with E-state index in [9.17, 15) is 5.11 Å².